The van der Waals surface area contributed by atoms with Crippen LogP contribution in [0.3, 0.4) is 0 Å². The summed E-state index contributed by atoms with van der Waals surface area (Å²) in [6, 6.07) is 6.94. The van der Waals surface area contributed by atoms with Gasteiger partial charge in [-0.15, -0.1) is 0 Å². The minimum atomic E-state index is 0.610. The van der Waals surface area contributed by atoms with Gasteiger partial charge in [-0.2, -0.15) is 0 Å². The summed E-state index contributed by atoms with van der Waals surface area (Å²) in [5.41, 5.74) is 3.74. The maximum atomic E-state index is 5.62. The Balaban J connectivity index is 2.09. The zero-order valence-corrected chi connectivity index (χ0v) is 13.0. The molecule has 1 aliphatic heterocycles. The van der Waals surface area contributed by atoms with E-state index in [0.29, 0.717) is 6.04 Å². The molecular formula is C16H24N2S. The Morgan fingerprint density at radius 2 is 2.16 bits per heavy atom. The van der Waals surface area contributed by atoms with Gasteiger partial charge in [-0.05, 0) is 68.9 Å². The van der Waals surface area contributed by atoms with Crippen LogP contribution in [0.5, 0.6) is 0 Å². The van der Waals surface area contributed by atoms with Crippen LogP contribution in [0.25, 0.3) is 0 Å². The number of piperidine rings is 1. The monoisotopic (exact) mass is 276 g/mol. The summed E-state index contributed by atoms with van der Waals surface area (Å²) in [5.74, 6) is 0. The summed E-state index contributed by atoms with van der Waals surface area (Å²) < 4.78 is 0. The molecule has 19 heavy (non-hydrogen) atoms. The van der Waals surface area contributed by atoms with Crippen LogP contribution >= 0.6 is 12.2 Å². The number of aryl methyl sites for hydroxylation is 1. The lowest BCUT2D eigenvalue weighted by Crippen LogP contribution is -2.45. The molecule has 1 aromatic rings. The van der Waals surface area contributed by atoms with Crippen molar-refractivity contribution in [2.45, 2.75) is 52.5 Å². The van der Waals surface area contributed by atoms with Crippen molar-refractivity contribution in [3.63, 3.8) is 0 Å². The largest absolute Gasteiger partial charge is 0.346 e. The Kier molecular flexibility index (Phi) is 4.81. The van der Waals surface area contributed by atoms with E-state index in [1.54, 1.807) is 0 Å². The molecule has 1 unspecified atom stereocenters. The van der Waals surface area contributed by atoms with Crippen molar-refractivity contribution in [1.82, 2.24) is 4.90 Å². The van der Waals surface area contributed by atoms with E-state index < -0.39 is 0 Å². The van der Waals surface area contributed by atoms with Gasteiger partial charge >= 0.3 is 0 Å². The maximum absolute atomic E-state index is 5.62. The van der Waals surface area contributed by atoms with Gasteiger partial charge in [0.1, 0.15) is 0 Å². The first-order chi connectivity index (χ1) is 9.13. The Morgan fingerprint density at radius 1 is 1.37 bits per heavy atom. The van der Waals surface area contributed by atoms with Crippen molar-refractivity contribution in [3.05, 3.63) is 29.3 Å². The predicted molar refractivity (Wildman–Crippen MR) is 86.8 cm³/mol. The highest BCUT2D eigenvalue weighted by atomic mass is 32.1. The normalized spacial score (nSPS) is 19.3. The quantitative estimate of drug-likeness (QED) is 0.812. The molecule has 0 aromatic heterocycles. The van der Waals surface area contributed by atoms with Gasteiger partial charge < -0.3 is 10.2 Å². The average molecular weight is 276 g/mol. The number of anilines is 1. The number of hydrogen-bond acceptors (Lipinski definition) is 1. The molecule has 1 saturated heterocycles. The molecule has 0 radical (unpaired) electrons. The Bertz CT molecular complexity index is 456. The van der Waals surface area contributed by atoms with Gasteiger partial charge in [0.15, 0.2) is 5.11 Å². The fourth-order valence-electron chi connectivity index (χ4n) is 2.77. The van der Waals surface area contributed by atoms with Gasteiger partial charge in [0, 0.05) is 18.3 Å². The molecule has 1 N–H and O–H groups in total. The fourth-order valence-corrected chi connectivity index (χ4v) is 3.12. The van der Waals surface area contributed by atoms with E-state index in [0.717, 1.165) is 17.3 Å². The molecule has 104 valence electrons. The molecule has 0 amide bonds. The van der Waals surface area contributed by atoms with Crippen molar-refractivity contribution >= 4 is 23.0 Å². The fraction of sp³-hybridized carbons (Fsp3) is 0.562. The molecule has 0 bridgehead atoms. The first-order valence-electron chi connectivity index (χ1n) is 7.27. The molecule has 1 fully saturated rings. The molecular weight excluding hydrogens is 252 g/mol. The van der Waals surface area contributed by atoms with Crippen molar-refractivity contribution in [2.75, 3.05) is 11.9 Å². The second-order valence-electron chi connectivity index (χ2n) is 5.43. The zero-order valence-electron chi connectivity index (χ0n) is 12.2. The number of hydrogen-bond donors (Lipinski definition) is 1. The Labute approximate surface area is 122 Å². The van der Waals surface area contributed by atoms with Crippen molar-refractivity contribution in [1.29, 1.82) is 0 Å². The lowest BCUT2D eigenvalue weighted by Gasteiger charge is -2.37. The van der Waals surface area contributed by atoms with Crippen LogP contribution in [0.1, 0.15) is 43.7 Å². The number of benzene rings is 1. The number of nitrogens with one attached hydrogen (secondary N) is 1. The van der Waals surface area contributed by atoms with Crippen LogP contribution in [0.4, 0.5) is 5.69 Å². The van der Waals surface area contributed by atoms with Gasteiger partial charge in [0.2, 0.25) is 0 Å². The number of thiocarbonyl (C=S) groups is 1. The third-order valence-electron chi connectivity index (χ3n) is 4.21. The lowest BCUT2D eigenvalue weighted by molar-refractivity contribution is 0.239. The van der Waals surface area contributed by atoms with Gasteiger partial charge in [0.25, 0.3) is 0 Å². The summed E-state index contributed by atoms with van der Waals surface area (Å²) in [6.07, 6.45) is 5.03. The first kappa shape index (κ1) is 14.3. The molecule has 1 aliphatic rings. The second kappa shape index (κ2) is 6.38. The molecule has 1 aromatic carbocycles. The third kappa shape index (κ3) is 3.27. The van der Waals surface area contributed by atoms with Crippen LogP contribution in [0, 0.1) is 13.8 Å². The molecule has 3 heteroatoms. The molecule has 1 atom stereocenters. The highest BCUT2D eigenvalue weighted by Crippen LogP contribution is 2.23. The summed E-state index contributed by atoms with van der Waals surface area (Å²) in [7, 11) is 0. The van der Waals surface area contributed by atoms with Crippen LogP contribution in [-0.4, -0.2) is 22.6 Å². The first-order valence-corrected chi connectivity index (χ1v) is 7.68. The van der Waals surface area contributed by atoms with E-state index in [9.17, 15) is 0 Å². The van der Waals surface area contributed by atoms with Crippen LogP contribution in [0.2, 0.25) is 0 Å². The van der Waals surface area contributed by atoms with E-state index in [1.807, 2.05) is 0 Å². The number of nitrogens with zero attached hydrogens (tertiary/aromatic N) is 1. The predicted octanol–water partition coefficient (Wildman–Crippen LogP) is 4.26. The van der Waals surface area contributed by atoms with Crippen LogP contribution in [0.15, 0.2) is 18.2 Å². The highest BCUT2D eigenvalue weighted by Gasteiger charge is 2.23. The second-order valence-corrected chi connectivity index (χ2v) is 5.82. The van der Waals surface area contributed by atoms with Gasteiger partial charge in [0.05, 0.1) is 0 Å². The van der Waals surface area contributed by atoms with Gasteiger partial charge in [-0.25, -0.2) is 0 Å². The highest BCUT2D eigenvalue weighted by molar-refractivity contribution is 7.80. The third-order valence-corrected chi connectivity index (χ3v) is 4.54. The van der Waals surface area contributed by atoms with E-state index in [-0.39, 0.29) is 0 Å². The van der Waals surface area contributed by atoms with E-state index in [2.05, 4.69) is 49.2 Å². The van der Waals surface area contributed by atoms with Crippen LogP contribution in [-0.2, 0) is 0 Å². The SMILES string of the molecule is CCC1CCCCN1C(=S)Nc1cccc(C)c1C. The smallest absolute Gasteiger partial charge is 0.173 e. The number of likely N-dealkylation sites (tertiary alicyclic amines) is 1. The summed E-state index contributed by atoms with van der Waals surface area (Å²) in [6.45, 7) is 7.63. The topological polar surface area (TPSA) is 15.3 Å². The van der Waals surface area contributed by atoms with E-state index in [4.69, 9.17) is 12.2 Å². The molecule has 0 saturated carbocycles. The summed E-state index contributed by atoms with van der Waals surface area (Å²) >= 11 is 5.62. The Morgan fingerprint density at radius 3 is 2.89 bits per heavy atom. The average Bonchev–Trinajstić information content (AvgIpc) is 2.43. The molecule has 0 spiro atoms. The minimum Gasteiger partial charge on any atom is -0.346 e. The zero-order chi connectivity index (χ0) is 13.8. The lowest BCUT2D eigenvalue weighted by atomic mass is 10.0. The molecule has 2 rings (SSSR count). The van der Waals surface area contributed by atoms with Crippen molar-refractivity contribution in [3.8, 4) is 0 Å². The van der Waals surface area contributed by atoms with E-state index in [1.165, 1.54) is 36.8 Å². The van der Waals surface area contributed by atoms with Crippen LogP contribution < -0.4 is 5.32 Å². The Hall–Kier alpha value is -1.09. The van der Waals surface area contributed by atoms with E-state index >= 15 is 0 Å². The number of rotatable bonds is 2. The van der Waals surface area contributed by atoms with Crippen molar-refractivity contribution in [2.24, 2.45) is 0 Å². The molecule has 1 heterocycles. The van der Waals surface area contributed by atoms with Crippen molar-refractivity contribution < 1.29 is 0 Å². The van der Waals surface area contributed by atoms with Gasteiger partial charge in [-0.1, -0.05) is 19.1 Å². The molecule has 2 nitrogen and oxygen atoms in total. The summed E-state index contributed by atoms with van der Waals surface area (Å²) in [5, 5.41) is 4.33. The standard InChI is InChI=1S/C16H24N2S/c1-4-14-9-5-6-11-18(14)16(19)17-15-10-7-8-12(2)13(15)3/h7-8,10,14H,4-6,9,11H2,1-3H3,(H,17,19). The maximum Gasteiger partial charge on any atom is 0.173 e. The molecule has 0 aliphatic carbocycles. The summed E-state index contributed by atoms with van der Waals surface area (Å²) in [4.78, 5) is 2.38. The van der Waals surface area contributed by atoms with Gasteiger partial charge in [-0.3, -0.25) is 0 Å². The minimum absolute atomic E-state index is 0.610.